The molecule has 0 amide bonds. The van der Waals surface area contributed by atoms with Crippen molar-refractivity contribution < 1.29 is 4.52 Å². The Hall–Kier alpha value is -1.73. The second kappa shape index (κ2) is 6.36. The summed E-state index contributed by atoms with van der Waals surface area (Å²) >= 11 is 0. The van der Waals surface area contributed by atoms with Gasteiger partial charge in [-0.1, -0.05) is 18.5 Å². The number of hydrogen-bond acceptors (Lipinski definition) is 6. The Kier molecular flexibility index (Phi) is 4.31. The van der Waals surface area contributed by atoms with Gasteiger partial charge in [0.05, 0.1) is 6.04 Å². The van der Waals surface area contributed by atoms with Gasteiger partial charge in [-0.25, -0.2) is 0 Å². The fraction of sp³-hybridized carbons (Fsp3) is 0.643. The summed E-state index contributed by atoms with van der Waals surface area (Å²) in [4.78, 5) is 7.05. The molecule has 1 atom stereocenters. The molecule has 2 aromatic heterocycles. The minimum Gasteiger partial charge on any atom is -0.332 e. The summed E-state index contributed by atoms with van der Waals surface area (Å²) in [5.74, 6) is 1.33. The lowest BCUT2D eigenvalue weighted by molar-refractivity contribution is 0.155. The molecule has 0 radical (unpaired) electrons. The maximum absolute atomic E-state index is 5.44. The van der Waals surface area contributed by atoms with Crippen molar-refractivity contribution in [1.29, 1.82) is 0 Å². The number of nitrogens with zero attached hydrogens (tertiary/aromatic N) is 5. The third-order valence-electron chi connectivity index (χ3n) is 3.93. The summed E-state index contributed by atoms with van der Waals surface area (Å²) in [6.07, 6.45) is 3.88. The van der Waals surface area contributed by atoms with Gasteiger partial charge in [0.25, 0.3) is 5.89 Å². The molecule has 21 heavy (non-hydrogen) atoms. The van der Waals surface area contributed by atoms with Gasteiger partial charge >= 0.3 is 0 Å². The summed E-state index contributed by atoms with van der Waals surface area (Å²) in [7, 11) is 1.87. The summed E-state index contributed by atoms with van der Waals surface area (Å²) in [5.41, 5.74) is 0.851. The Bertz CT molecular complexity index is 572. The van der Waals surface area contributed by atoms with E-state index in [1.807, 2.05) is 13.1 Å². The first-order valence-corrected chi connectivity index (χ1v) is 7.56. The van der Waals surface area contributed by atoms with Crippen LogP contribution in [0.5, 0.6) is 0 Å². The third-order valence-corrected chi connectivity index (χ3v) is 3.93. The zero-order chi connectivity index (χ0) is 14.7. The predicted octanol–water partition coefficient (Wildman–Crippen LogP) is 1.22. The van der Waals surface area contributed by atoms with Crippen LogP contribution in [0.1, 0.15) is 31.6 Å². The van der Waals surface area contributed by atoms with Crippen LogP contribution in [0, 0.1) is 0 Å². The van der Waals surface area contributed by atoms with Gasteiger partial charge in [0, 0.05) is 39.4 Å². The van der Waals surface area contributed by atoms with Crippen molar-refractivity contribution in [3.8, 4) is 11.6 Å². The number of piperazine rings is 1. The van der Waals surface area contributed by atoms with Gasteiger partial charge in [-0.2, -0.15) is 10.1 Å². The Labute approximate surface area is 124 Å². The molecule has 2 aromatic rings. The van der Waals surface area contributed by atoms with E-state index >= 15 is 0 Å². The Balaban J connectivity index is 1.83. The van der Waals surface area contributed by atoms with E-state index in [0.29, 0.717) is 5.89 Å². The van der Waals surface area contributed by atoms with Crippen LogP contribution in [0.2, 0.25) is 0 Å². The smallest absolute Gasteiger partial charge is 0.276 e. The molecule has 0 spiro atoms. The molecule has 3 rings (SSSR count). The van der Waals surface area contributed by atoms with Gasteiger partial charge in [0.15, 0.2) is 5.82 Å². The lowest BCUT2D eigenvalue weighted by atomic mass is 10.1. The predicted molar refractivity (Wildman–Crippen MR) is 78.6 cm³/mol. The average Bonchev–Trinajstić information content (AvgIpc) is 3.14. The van der Waals surface area contributed by atoms with E-state index in [-0.39, 0.29) is 6.04 Å². The molecule has 1 aliphatic rings. The molecule has 1 fully saturated rings. The number of nitrogens with one attached hydrogen (secondary N) is 1. The van der Waals surface area contributed by atoms with Crippen LogP contribution in [0.4, 0.5) is 0 Å². The molecule has 1 unspecified atom stereocenters. The first-order chi connectivity index (χ1) is 10.3. The highest BCUT2D eigenvalue weighted by atomic mass is 16.5. The quantitative estimate of drug-likeness (QED) is 0.892. The van der Waals surface area contributed by atoms with E-state index in [1.54, 1.807) is 10.9 Å². The maximum Gasteiger partial charge on any atom is 0.276 e. The number of hydrogen-bond donors (Lipinski definition) is 1. The van der Waals surface area contributed by atoms with Crippen LogP contribution >= 0.6 is 0 Å². The van der Waals surface area contributed by atoms with Crippen LogP contribution in [0.25, 0.3) is 11.6 Å². The number of aryl methyl sites for hydroxylation is 1. The van der Waals surface area contributed by atoms with Gasteiger partial charge < -0.3 is 9.84 Å². The van der Waals surface area contributed by atoms with Crippen LogP contribution in [0.3, 0.4) is 0 Å². The monoisotopic (exact) mass is 290 g/mol. The molecular formula is C14H22N6O. The van der Waals surface area contributed by atoms with Crippen molar-refractivity contribution in [2.75, 3.05) is 26.2 Å². The van der Waals surface area contributed by atoms with E-state index in [4.69, 9.17) is 4.52 Å². The van der Waals surface area contributed by atoms with E-state index in [1.165, 1.54) is 0 Å². The minimum absolute atomic E-state index is 0.239. The minimum atomic E-state index is 0.239. The summed E-state index contributed by atoms with van der Waals surface area (Å²) < 4.78 is 7.19. The van der Waals surface area contributed by atoms with Crippen molar-refractivity contribution >= 4 is 0 Å². The van der Waals surface area contributed by atoms with Crippen molar-refractivity contribution in [3.63, 3.8) is 0 Å². The van der Waals surface area contributed by atoms with E-state index in [9.17, 15) is 0 Å². The Morgan fingerprint density at radius 1 is 1.38 bits per heavy atom. The van der Waals surface area contributed by atoms with Crippen LogP contribution < -0.4 is 5.32 Å². The Morgan fingerprint density at radius 2 is 2.19 bits per heavy atom. The van der Waals surface area contributed by atoms with Crippen molar-refractivity contribution in [2.45, 2.75) is 25.8 Å². The summed E-state index contributed by atoms with van der Waals surface area (Å²) in [5, 5.41) is 11.7. The first-order valence-electron chi connectivity index (χ1n) is 7.56. The third kappa shape index (κ3) is 2.98. The fourth-order valence-corrected chi connectivity index (χ4v) is 2.80. The standard InChI is InChI=1S/C14H22N6O/c1-3-4-11(20-9-7-15-8-10-20)13-17-14(21-18-13)12-5-6-16-19(12)2/h5-6,11,15H,3-4,7-10H2,1-2H3. The maximum atomic E-state index is 5.44. The summed E-state index contributed by atoms with van der Waals surface area (Å²) in [6, 6.07) is 2.12. The van der Waals surface area contributed by atoms with E-state index < -0.39 is 0 Å². The molecule has 7 heteroatoms. The van der Waals surface area contributed by atoms with Crippen molar-refractivity contribution in [1.82, 2.24) is 30.1 Å². The largest absolute Gasteiger partial charge is 0.332 e. The second-order valence-electron chi connectivity index (χ2n) is 5.39. The normalized spacial score (nSPS) is 18.0. The van der Waals surface area contributed by atoms with E-state index in [0.717, 1.165) is 50.5 Å². The van der Waals surface area contributed by atoms with Gasteiger partial charge in [0.1, 0.15) is 5.69 Å². The zero-order valence-electron chi connectivity index (χ0n) is 12.6. The topological polar surface area (TPSA) is 72.0 Å². The van der Waals surface area contributed by atoms with Gasteiger partial charge in [-0.05, 0) is 12.5 Å². The number of aromatic nitrogens is 4. The summed E-state index contributed by atoms with van der Waals surface area (Å²) in [6.45, 7) is 6.29. The first kappa shape index (κ1) is 14.2. The molecule has 114 valence electrons. The highest BCUT2D eigenvalue weighted by Gasteiger charge is 2.26. The lowest BCUT2D eigenvalue weighted by Gasteiger charge is -2.33. The molecular weight excluding hydrogens is 268 g/mol. The molecule has 0 saturated carbocycles. The van der Waals surface area contributed by atoms with Crippen molar-refractivity contribution in [3.05, 3.63) is 18.1 Å². The Morgan fingerprint density at radius 3 is 2.86 bits per heavy atom. The van der Waals surface area contributed by atoms with Crippen molar-refractivity contribution in [2.24, 2.45) is 7.05 Å². The zero-order valence-corrected chi connectivity index (χ0v) is 12.6. The molecule has 0 aliphatic carbocycles. The SMILES string of the molecule is CCCC(c1noc(-c2ccnn2C)n1)N1CCNCC1. The van der Waals surface area contributed by atoms with Gasteiger partial charge in [-0.15, -0.1) is 0 Å². The molecule has 1 saturated heterocycles. The van der Waals surface area contributed by atoms with Crippen LogP contribution in [-0.2, 0) is 7.05 Å². The molecule has 3 heterocycles. The highest BCUT2D eigenvalue weighted by Crippen LogP contribution is 2.26. The second-order valence-corrected chi connectivity index (χ2v) is 5.39. The number of rotatable bonds is 5. The highest BCUT2D eigenvalue weighted by molar-refractivity contribution is 5.45. The lowest BCUT2D eigenvalue weighted by Crippen LogP contribution is -2.45. The van der Waals surface area contributed by atoms with Crippen LogP contribution in [-0.4, -0.2) is 51.0 Å². The average molecular weight is 290 g/mol. The van der Waals surface area contributed by atoms with Gasteiger partial charge in [0.2, 0.25) is 0 Å². The molecule has 1 aliphatic heterocycles. The fourth-order valence-electron chi connectivity index (χ4n) is 2.80. The molecule has 0 bridgehead atoms. The molecule has 0 aromatic carbocycles. The van der Waals surface area contributed by atoms with Gasteiger partial charge in [-0.3, -0.25) is 9.58 Å². The molecule has 7 nitrogen and oxygen atoms in total. The van der Waals surface area contributed by atoms with E-state index in [2.05, 4.69) is 32.4 Å². The molecule has 1 N–H and O–H groups in total. The van der Waals surface area contributed by atoms with Crippen LogP contribution in [0.15, 0.2) is 16.8 Å².